The quantitative estimate of drug-likeness (QED) is 0.339. The molecule has 0 radical (unpaired) electrons. The van der Waals surface area contributed by atoms with E-state index in [1.807, 2.05) is 0 Å². The number of hydrogen-bond acceptors (Lipinski definition) is 8. The lowest BCUT2D eigenvalue weighted by atomic mass is 10.1. The molecule has 11 heteroatoms. The summed E-state index contributed by atoms with van der Waals surface area (Å²) in [4.78, 5) is 20.6. The molecule has 0 bridgehead atoms. The Morgan fingerprint density at radius 3 is 2.67 bits per heavy atom. The van der Waals surface area contributed by atoms with Gasteiger partial charge in [0.2, 0.25) is 5.95 Å². The van der Waals surface area contributed by atoms with E-state index in [1.165, 1.54) is 19.2 Å². The number of thiocarbonyl (C=S) groups is 1. The van der Waals surface area contributed by atoms with Crippen LogP contribution in [-0.4, -0.2) is 65.7 Å². The second kappa shape index (κ2) is 10.5. The summed E-state index contributed by atoms with van der Waals surface area (Å²) in [5.41, 5.74) is 2.36. The molecule has 1 aromatic heterocycles. The lowest BCUT2D eigenvalue weighted by Crippen LogP contribution is -2.46. The predicted molar refractivity (Wildman–Crippen MR) is 135 cm³/mol. The van der Waals surface area contributed by atoms with Crippen LogP contribution < -0.4 is 16.0 Å². The molecular weight excluding hydrogens is 485 g/mol. The largest absolute Gasteiger partial charge is 0.465 e. The maximum absolute atomic E-state index is 13.6. The predicted octanol–water partition coefficient (Wildman–Crippen LogP) is 3.00. The zero-order valence-corrected chi connectivity index (χ0v) is 20.1. The van der Waals surface area contributed by atoms with Crippen LogP contribution in [0.5, 0.6) is 0 Å². The number of ether oxygens (including phenoxy) is 3. The summed E-state index contributed by atoms with van der Waals surface area (Å²) in [5.74, 6) is -0.337. The molecule has 2 aliphatic rings. The fourth-order valence-corrected chi connectivity index (χ4v) is 4.60. The molecule has 5 rings (SSSR count). The highest BCUT2D eigenvalue weighted by Crippen LogP contribution is 2.29. The van der Waals surface area contributed by atoms with Crippen LogP contribution in [0.2, 0.25) is 0 Å². The van der Waals surface area contributed by atoms with Crippen molar-refractivity contribution in [2.45, 2.75) is 24.3 Å². The van der Waals surface area contributed by atoms with Crippen molar-refractivity contribution in [1.29, 1.82) is 0 Å². The van der Waals surface area contributed by atoms with E-state index in [2.05, 4.69) is 25.9 Å². The van der Waals surface area contributed by atoms with Crippen molar-refractivity contribution in [2.24, 2.45) is 0 Å². The van der Waals surface area contributed by atoms with Crippen LogP contribution in [0.3, 0.4) is 0 Å². The van der Waals surface area contributed by atoms with E-state index in [-0.39, 0.29) is 30.1 Å². The smallest absolute Gasteiger partial charge is 0.337 e. The minimum atomic E-state index is -0.423. The van der Waals surface area contributed by atoms with Gasteiger partial charge in [-0.1, -0.05) is 18.2 Å². The van der Waals surface area contributed by atoms with Crippen LogP contribution in [-0.2, 0) is 14.2 Å². The molecule has 36 heavy (non-hydrogen) atoms. The number of fused-ring (bicyclic) bond motifs is 1. The maximum Gasteiger partial charge on any atom is 0.337 e. The first-order valence-electron chi connectivity index (χ1n) is 11.3. The van der Waals surface area contributed by atoms with E-state index in [1.54, 1.807) is 48.7 Å². The molecular formula is C25H24FN5O4S. The monoisotopic (exact) mass is 509 g/mol. The number of esters is 1. The minimum absolute atomic E-state index is 0.162. The van der Waals surface area contributed by atoms with E-state index in [9.17, 15) is 9.18 Å². The topological polar surface area (TPSA) is 107 Å². The summed E-state index contributed by atoms with van der Waals surface area (Å²) >= 11 is 5.46. The Kier molecular flexibility index (Phi) is 7.03. The summed E-state index contributed by atoms with van der Waals surface area (Å²) in [6, 6.07) is 14.5. The highest BCUT2D eigenvalue weighted by atomic mass is 32.1. The SMILES string of the molecule is COC(=O)c1cccc(NC(=S)NC2COC3C(Nc4nccc(-c5cccc(F)c5)n4)COC23)c1. The van der Waals surface area contributed by atoms with Gasteiger partial charge in [0.05, 0.1) is 43.7 Å². The Labute approximate surface area is 212 Å². The molecule has 2 fully saturated rings. The normalized spacial score (nSPS) is 22.5. The number of aromatic nitrogens is 2. The van der Waals surface area contributed by atoms with E-state index in [0.29, 0.717) is 46.8 Å². The van der Waals surface area contributed by atoms with Crippen molar-refractivity contribution in [2.75, 3.05) is 31.0 Å². The minimum Gasteiger partial charge on any atom is -0.465 e. The van der Waals surface area contributed by atoms with Gasteiger partial charge in [-0.3, -0.25) is 0 Å². The first kappa shape index (κ1) is 24.0. The van der Waals surface area contributed by atoms with E-state index >= 15 is 0 Å². The lowest BCUT2D eigenvalue weighted by molar-refractivity contribution is 0.0601. The number of hydrogen-bond donors (Lipinski definition) is 3. The summed E-state index contributed by atoms with van der Waals surface area (Å²) in [6.45, 7) is 0.810. The number of benzene rings is 2. The third-order valence-corrected chi connectivity index (χ3v) is 6.22. The number of methoxy groups -OCH3 is 1. The summed E-state index contributed by atoms with van der Waals surface area (Å²) in [5, 5.41) is 10.00. The molecule has 0 aliphatic carbocycles. The first-order chi connectivity index (χ1) is 17.5. The third-order valence-electron chi connectivity index (χ3n) is 6.00. The number of carbonyl (C=O) groups is 1. The van der Waals surface area contributed by atoms with Crippen molar-refractivity contribution >= 4 is 34.9 Å². The summed E-state index contributed by atoms with van der Waals surface area (Å²) in [7, 11) is 1.34. The number of carbonyl (C=O) groups excluding carboxylic acids is 1. The van der Waals surface area contributed by atoms with Crippen LogP contribution in [0, 0.1) is 5.82 Å². The molecule has 2 aromatic carbocycles. The van der Waals surface area contributed by atoms with E-state index < -0.39 is 5.97 Å². The fraction of sp³-hybridized carbons (Fsp3) is 0.280. The Hall–Kier alpha value is -3.67. The van der Waals surface area contributed by atoms with Gasteiger partial charge in [0.1, 0.15) is 18.0 Å². The molecule has 0 amide bonds. The van der Waals surface area contributed by atoms with Gasteiger partial charge in [-0.25, -0.2) is 19.2 Å². The Balaban J connectivity index is 1.19. The standard InChI is InChI=1S/C25H24FN5O4S/c1-33-23(32)15-5-3-7-17(11-15)28-25(36)31-20-13-35-21-19(12-34-22(20)21)30-24-27-9-8-18(29-24)14-4-2-6-16(26)10-14/h2-11,19-22H,12-13H2,1H3,(H,27,29,30)(H2,28,31,36). The van der Waals surface area contributed by atoms with Crippen LogP contribution in [0.4, 0.5) is 16.0 Å². The molecule has 2 saturated heterocycles. The number of nitrogens with zero attached hydrogens (tertiary/aromatic N) is 2. The third kappa shape index (κ3) is 5.27. The molecule has 9 nitrogen and oxygen atoms in total. The van der Waals surface area contributed by atoms with Crippen molar-refractivity contribution in [3.05, 3.63) is 72.2 Å². The zero-order valence-electron chi connectivity index (χ0n) is 19.3. The second-order valence-corrected chi connectivity index (χ2v) is 8.81. The fourth-order valence-electron chi connectivity index (χ4n) is 4.33. The number of anilines is 2. The first-order valence-corrected chi connectivity index (χ1v) is 11.8. The highest BCUT2D eigenvalue weighted by molar-refractivity contribution is 7.80. The van der Waals surface area contributed by atoms with Gasteiger partial charge in [0, 0.05) is 17.4 Å². The average molecular weight is 510 g/mol. The van der Waals surface area contributed by atoms with Crippen LogP contribution in [0.1, 0.15) is 10.4 Å². The molecule has 3 heterocycles. The average Bonchev–Trinajstić information content (AvgIpc) is 3.47. The molecule has 0 saturated carbocycles. The molecule has 186 valence electrons. The Morgan fingerprint density at radius 2 is 1.86 bits per heavy atom. The second-order valence-electron chi connectivity index (χ2n) is 8.40. The molecule has 3 N–H and O–H groups in total. The lowest BCUT2D eigenvalue weighted by Gasteiger charge is -2.20. The molecule has 4 unspecified atom stereocenters. The van der Waals surface area contributed by atoms with Gasteiger partial charge in [-0.2, -0.15) is 0 Å². The molecule has 4 atom stereocenters. The Morgan fingerprint density at radius 1 is 1.08 bits per heavy atom. The van der Waals surface area contributed by atoms with E-state index in [0.717, 1.165) is 0 Å². The van der Waals surface area contributed by atoms with Gasteiger partial charge in [0.25, 0.3) is 0 Å². The van der Waals surface area contributed by atoms with Gasteiger partial charge >= 0.3 is 5.97 Å². The zero-order chi connectivity index (χ0) is 25.1. The van der Waals surface area contributed by atoms with Gasteiger partial charge in [-0.15, -0.1) is 0 Å². The highest BCUT2D eigenvalue weighted by Gasteiger charge is 2.48. The van der Waals surface area contributed by atoms with Crippen LogP contribution in [0.15, 0.2) is 60.8 Å². The number of rotatable bonds is 6. The van der Waals surface area contributed by atoms with Gasteiger partial charge in [-0.05, 0) is 48.6 Å². The van der Waals surface area contributed by atoms with Crippen molar-refractivity contribution in [1.82, 2.24) is 15.3 Å². The Bertz CT molecular complexity index is 1280. The number of nitrogens with one attached hydrogen (secondary N) is 3. The number of halogens is 1. The summed E-state index contributed by atoms with van der Waals surface area (Å²) < 4.78 is 30.4. The van der Waals surface area contributed by atoms with Gasteiger partial charge in [0.15, 0.2) is 5.11 Å². The van der Waals surface area contributed by atoms with Crippen molar-refractivity contribution < 1.29 is 23.4 Å². The summed E-state index contributed by atoms with van der Waals surface area (Å²) in [6.07, 6.45) is 1.17. The van der Waals surface area contributed by atoms with Crippen LogP contribution in [0.25, 0.3) is 11.3 Å². The van der Waals surface area contributed by atoms with Crippen molar-refractivity contribution in [3.8, 4) is 11.3 Å². The van der Waals surface area contributed by atoms with Crippen LogP contribution >= 0.6 is 12.2 Å². The van der Waals surface area contributed by atoms with E-state index in [4.69, 9.17) is 26.4 Å². The van der Waals surface area contributed by atoms with Crippen molar-refractivity contribution in [3.63, 3.8) is 0 Å². The molecule has 2 aliphatic heterocycles. The van der Waals surface area contributed by atoms with Gasteiger partial charge < -0.3 is 30.2 Å². The molecule has 3 aromatic rings. The maximum atomic E-state index is 13.6. The molecule has 0 spiro atoms.